The highest BCUT2D eigenvalue weighted by Crippen LogP contribution is 2.30. The van der Waals surface area contributed by atoms with Crippen LogP contribution in [0.2, 0.25) is 0 Å². The van der Waals surface area contributed by atoms with Crippen molar-refractivity contribution in [2.45, 2.75) is 33.0 Å². The van der Waals surface area contributed by atoms with Crippen molar-refractivity contribution in [1.82, 2.24) is 4.98 Å². The van der Waals surface area contributed by atoms with Gasteiger partial charge >= 0.3 is 12.1 Å². The van der Waals surface area contributed by atoms with Gasteiger partial charge in [0.1, 0.15) is 6.54 Å². The summed E-state index contributed by atoms with van der Waals surface area (Å²) in [4.78, 5) is 16.0. The lowest BCUT2D eigenvalue weighted by atomic mass is 10.3. The molecule has 4 nitrogen and oxygen atoms in total. The molecule has 0 atom stereocenters. The number of carbonyl (C=O) groups is 1. The number of carboxylic acids is 1. The lowest BCUT2D eigenvalue weighted by Gasteiger charge is -2.26. The smallest absolute Gasteiger partial charge is 0.406 e. The van der Waals surface area contributed by atoms with Crippen molar-refractivity contribution >= 4 is 22.4 Å². The summed E-state index contributed by atoms with van der Waals surface area (Å²) in [5.41, 5.74) is -0.192. The third-order valence-corrected chi connectivity index (χ3v) is 3.21. The van der Waals surface area contributed by atoms with E-state index in [1.54, 1.807) is 13.8 Å². The molecule has 0 amide bonds. The van der Waals surface area contributed by atoms with Gasteiger partial charge in [-0.2, -0.15) is 13.2 Å². The number of rotatable bonds is 4. The fourth-order valence-corrected chi connectivity index (χ4v) is 2.40. The van der Waals surface area contributed by atoms with Crippen molar-refractivity contribution in [3.8, 4) is 0 Å². The first-order chi connectivity index (χ1) is 8.11. The number of carboxylic acid groups (broad SMARTS) is 1. The van der Waals surface area contributed by atoms with Crippen LogP contribution in [0.3, 0.4) is 0 Å². The van der Waals surface area contributed by atoms with Gasteiger partial charge < -0.3 is 10.0 Å². The van der Waals surface area contributed by atoms with Gasteiger partial charge in [-0.15, -0.1) is 11.3 Å². The highest BCUT2D eigenvalue weighted by molar-refractivity contribution is 7.15. The third kappa shape index (κ3) is 3.59. The number of thiazole rings is 1. The molecule has 102 valence electrons. The minimum absolute atomic E-state index is 0.0808. The topological polar surface area (TPSA) is 53.4 Å². The van der Waals surface area contributed by atoms with Crippen LogP contribution in [0.15, 0.2) is 0 Å². The number of hydrogen-bond acceptors (Lipinski definition) is 4. The zero-order chi connectivity index (χ0) is 14.1. The van der Waals surface area contributed by atoms with Crippen LogP contribution in [-0.4, -0.2) is 34.8 Å². The Morgan fingerprint density at radius 2 is 2.06 bits per heavy atom. The van der Waals surface area contributed by atoms with Gasteiger partial charge in [-0.3, -0.25) is 0 Å². The molecule has 1 N–H and O–H groups in total. The van der Waals surface area contributed by atoms with Crippen molar-refractivity contribution in [1.29, 1.82) is 0 Å². The highest BCUT2D eigenvalue weighted by atomic mass is 32.1. The van der Waals surface area contributed by atoms with E-state index in [1.165, 1.54) is 6.92 Å². The summed E-state index contributed by atoms with van der Waals surface area (Å²) in [6.07, 6.45) is -4.35. The molecule has 1 aromatic heterocycles. The maximum absolute atomic E-state index is 12.4. The Hall–Kier alpha value is -1.31. The number of aromatic carboxylic acids is 1. The van der Waals surface area contributed by atoms with E-state index in [2.05, 4.69) is 4.98 Å². The Bertz CT molecular complexity index is 443. The first kappa shape index (κ1) is 14.7. The van der Waals surface area contributed by atoms with Crippen LogP contribution in [0, 0.1) is 6.92 Å². The molecule has 0 fully saturated rings. The normalized spacial score (nSPS) is 11.9. The fraction of sp³-hybridized carbons (Fsp3) is 0.600. The van der Waals surface area contributed by atoms with E-state index in [-0.39, 0.29) is 10.8 Å². The number of hydrogen-bond donors (Lipinski definition) is 1. The zero-order valence-corrected chi connectivity index (χ0v) is 10.9. The van der Waals surface area contributed by atoms with Gasteiger partial charge in [0.15, 0.2) is 10.8 Å². The molecule has 0 aliphatic carbocycles. The number of aryl methyl sites for hydroxylation is 1. The summed E-state index contributed by atoms with van der Waals surface area (Å²) >= 11 is 0.954. The average Bonchev–Trinajstić information content (AvgIpc) is 2.54. The van der Waals surface area contributed by atoms with Crippen LogP contribution >= 0.6 is 11.3 Å². The second kappa shape index (κ2) is 5.13. The second-order valence-electron chi connectivity index (χ2n) is 4.04. The van der Waals surface area contributed by atoms with Crippen molar-refractivity contribution in [2.24, 2.45) is 0 Å². The van der Waals surface area contributed by atoms with E-state index in [1.807, 2.05) is 0 Å². The minimum Gasteiger partial charge on any atom is -0.476 e. The summed E-state index contributed by atoms with van der Waals surface area (Å²) in [5.74, 6) is -1.23. The molecule has 1 rings (SSSR count). The van der Waals surface area contributed by atoms with Gasteiger partial charge in [-0.25, -0.2) is 9.78 Å². The summed E-state index contributed by atoms with van der Waals surface area (Å²) in [6.45, 7) is 3.58. The average molecular weight is 282 g/mol. The Labute approximate surface area is 106 Å². The molecule has 1 heterocycles. The Kier molecular flexibility index (Phi) is 4.20. The first-order valence-electron chi connectivity index (χ1n) is 5.16. The Morgan fingerprint density at radius 3 is 2.39 bits per heavy atom. The molecule has 0 saturated heterocycles. The van der Waals surface area contributed by atoms with Crippen LogP contribution in [0.1, 0.15) is 29.2 Å². The van der Waals surface area contributed by atoms with E-state index in [0.717, 1.165) is 16.2 Å². The molecule has 8 heteroatoms. The number of anilines is 1. The van der Waals surface area contributed by atoms with Crippen molar-refractivity contribution in [2.75, 3.05) is 11.4 Å². The van der Waals surface area contributed by atoms with Gasteiger partial charge in [0, 0.05) is 10.9 Å². The molecule has 0 unspecified atom stereocenters. The predicted octanol–water partition coefficient (Wildman–Crippen LogP) is 2.93. The standard InChI is InChI=1S/C10H13F3N2O2S/c1-5(2)15(4-10(11,12)13)9-14-7(8(16)17)6(3)18-9/h5H,4H2,1-3H3,(H,16,17). The number of aromatic nitrogens is 1. The second-order valence-corrected chi connectivity index (χ2v) is 5.22. The van der Waals surface area contributed by atoms with Crippen LogP contribution in [-0.2, 0) is 0 Å². The third-order valence-electron chi connectivity index (χ3n) is 2.21. The van der Waals surface area contributed by atoms with Crippen LogP contribution in [0.25, 0.3) is 0 Å². The zero-order valence-electron chi connectivity index (χ0n) is 10.1. The quantitative estimate of drug-likeness (QED) is 0.922. The molecule has 18 heavy (non-hydrogen) atoms. The molecule has 0 aliphatic heterocycles. The largest absolute Gasteiger partial charge is 0.476 e. The van der Waals surface area contributed by atoms with Crippen molar-refractivity contribution in [3.63, 3.8) is 0 Å². The summed E-state index contributed by atoms with van der Waals surface area (Å²) < 4.78 is 37.3. The molecule has 0 spiro atoms. The molecular weight excluding hydrogens is 269 g/mol. The maximum Gasteiger partial charge on any atom is 0.406 e. The van der Waals surface area contributed by atoms with E-state index in [4.69, 9.17) is 5.11 Å². The van der Waals surface area contributed by atoms with E-state index < -0.39 is 24.7 Å². The molecule has 0 bridgehead atoms. The fourth-order valence-electron chi connectivity index (χ4n) is 1.37. The van der Waals surface area contributed by atoms with Crippen LogP contribution in [0.4, 0.5) is 18.3 Å². The number of nitrogens with zero attached hydrogens (tertiary/aromatic N) is 2. The molecule has 0 saturated carbocycles. The lowest BCUT2D eigenvalue weighted by molar-refractivity contribution is -0.120. The number of alkyl halides is 3. The molecule has 1 aromatic rings. The summed E-state index contributed by atoms with van der Waals surface area (Å²) in [7, 11) is 0. The van der Waals surface area contributed by atoms with Gasteiger partial charge in [-0.1, -0.05) is 0 Å². The van der Waals surface area contributed by atoms with E-state index >= 15 is 0 Å². The van der Waals surface area contributed by atoms with Gasteiger partial charge in [0.2, 0.25) is 0 Å². The predicted molar refractivity (Wildman–Crippen MR) is 62.3 cm³/mol. The van der Waals surface area contributed by atoms with E-state index in [0.29, 0.717) is 4.88 Å². The molecule has 0 radical (unpaired) electrons. The highest BCUT2D eigenvalue weighted by Gasteiger charge is 2.33. The molecule has 0 aliphatic rings. The maximum atomic E-state index is 12.4. The van der Waals surface area contributed by atoms with E-state index in [9.17, 15) is 18.0 Å². The summed E-state index contributed by atoms with van der Waals surface area (Å²) in [6, 6.07) is -0.418. The first-order valence-corrected chi connectivity index (χ1v) is 5.97. The SMILES string of the molecule is Cc1sc(N(CC(F)(F)F)C(C)C)nc1C(=O)O. The van der Waals surface area contributed by atoms with Crippen LogP contribution in [0.5, 0.6) is 0 Å². The van der Waals surface area contributed by atoms with Crippen LogP contribution < -0.4 is 4.90 Å². The van der Waals surface area contributed by atoms with Crippen molar-refractivity contribution in [3.05, 3.63) is 10.6 Å². The molecule has 0 aromatic carbocycles. The Balaban J connectivity index is 3.07. The lowest BCUT2D eigenvalue weighted by Crippen LogP contribution is -2.39. The Morgan fingerprint density at radius 1 is 1.50 bits per heavy atom. The molecular formula is C10H13F3N2O2S. The van der Waals surface area contributed by atoms with Gasteiger partial charge in [0.05, 0.1) is 0 Å². The number of halogens is 3. The van der Waals surface area contributed by atoms with Crippen molar-refractivity contribution < 1.29 is 23.1 Å². The summed E-state index contributed by atoms with van der Waals surface area (Å²) in [5, 5.41) is 8.92. The van der Waals surface area contributed by atoms with Gasteiger partial charge in [0.25, 0.3) is 0 Å². The van der Waals surface area contributed by atoms with Gasteiger partial charge in [-0.05, 0) is 20.8 Å². The minimum atomic E-state index is -4.35. The monoisotopic (exact) mass is 282 g/mol.